The third-order valence-corrected chi connectivity index (χ3v) is 6.37. The van der Waals surface area contributed by atoms with Crippen LogP contribution in [0.4, 0.5) is 10.5 Å². The number of non-ortho nitro benzene ring substituents is 1. The van der Waals surface area contributed by atoms with E-state index in [2.05, 4.69) is 10.2 Å². The summed E-state index contributed by atoms with van der Waals surface area (Å²) in [6.07, 6.45) is -1.63. The Labute approximate surface area is 213 Å². The molecule has 1 aromatic rings. The van der Waals surface area contributed by atoms with E-state index in [1.165, 1.54) is 18.2 Å². The van der Waals surface area contributed by atoms with Crippen molar-refractivity contribution in [1.29, 1.82) is 0 Å². The Morgan fingerprint density at radius 2 is 1.86 bits per heavy atom. The number of primary amides is 1. The van der Waals surface area contributed by atoms with Gasteiger partial charge in [-0.1, -0.05) is 12.1 Å². The molecule has 0 radical (unpaired) electrons. The van der Waals surface area contributed by atoms with Crippen LogP contribution < -0.4 is 11.1 Å². The lowest BCUT2D eigenvalue weighted by molar-refractivity contribution is -0.384. The highest BCUT2D eigenvalue weighted by Crippen LogP contribution is 2.40. The van der Waals surface area contributed by atoms with Gasteiger partial charge in [0.25, 0.3) is 5.69 Å². The van der Waals surface area contributed by atoms with Crippen LogP contribution in [0.2, 0.25) is 0 Å². The number of dihydropyridines is 1. The summed E-state index contributed by atoms with van der Waals surface area (Å²) in [7, 11) is 3.17. The van der Waals surface area contributed by atoms with Gasteiger partial charge in [0.15, 0.2) is 6.23 Å². The Bertz CT molecular complexity index is 1140. The largest absolute Gasteiger partial charge is 0.466 e. The van der Waals surface area contributed by atoms with Gasteiger partial charge in [-0.05, 0) is 26.5 Å². The van der Waals surface area contributed by atoms with E-state index < -0.39 is 41.7 Å². The van der Waals surface area contributed by atoms with Crippen molar-refractivity contribution in [3.8, 4) is 0 Å². The van der Waals surface area contributed by atoms with Crippen molar-refractivity contribution >= 4 is 23.7 Å². The Morgan fingerprint density at radius 3 is 2.46 bits per heavy atom. The number of piperazine rings is 1. The smallest absolute Gasteiger partial charge is 0.404 e. The Balaban J connectivity index is 2.06. The summed E-state index contributed by atoms with van der Waals surface area (Å²) in [5, 5.41) is 14.4. The van der Waals surface area contributed by atoms with Crippen molar-refractivity contribution in [3.63, 3.8) is 0 Å². The van der Waals surface area contributed by atoms with E-state index in [-0.39, 0.29) is 28.1 Å². The van der Waals surface area contributed by atoms with Crippen LogP contribution in [0.5, 0.6) is 0 Å². The van der Waals surface area contributed by atoms with Gasteiger partial charge in [-0.2, -0.15) is 0 Å². The summed E-state index contributed by atoms with van der Waals surface area (Å²) < 4.78 is 15.7. The first kappa shape index (κ1) is 27.6. The Hall–Kier alpha value is -3.97. The number of nitrogens with one attached hydrogen (secondary N) is 1. The van der Waals surface area contributed by atoms with Gasteiger partial charge >= 0.3 is 18.0 Å². The van der Waals surface area contributed by atoms with E-state index in [1.54, 1.807) is 19.9 Å². The molecule has 13 nitrogen and oxygen atoms in total. The predicted molar refractivity (Wildman–Crippen MR) is 131 cm³/mol. The van der Waals surface area contributed by atoms with Crippen molar-refractivity contribution < 1.29 is 33.5 Å². The zero-order valence-corrected chi connectivity index (χ0v) is 21.2. The molecule has 0 saturated carbocycles. The number of ether oxygens (including phenoxy) is 3. The van der Waals surface area contributed by atoms with Crippen LogP contribution in [0, 0.1) is 10.1 Å². The molecule has 2 aliphatic heterocycles. The number of amides is 1. The quantitative estimate of drug-likeness (QED) is 0.220. The lowest BCUT2D eigenvalue weighted by Crippen LogP contribution is -2.49. The lowest BCUT2D eigenvalue weighted by atomic mass is 9.80. The van der Waals surface area contributed by atoms with Crippen LogP contribution in [-0.4, -0.2) is 85.9 Å². The lowest BCUT2D eigenvalue weighted by Gasteiger charge is -2.37. The summed E-state index contributed by atoms with van der Waals surface area (Å²) >= 11 is 0. The number of carbonyl (C=O) groups excluding carboxylic acids is 3. The summed E-state index contributed by atoms with van der Waals surface area (Å²) in [6.45, 7) is 6.00. The van der Waals surface area contributed by atoms with Crippen molar-refractivity contribution in [2.24, 2.45) is 5.73 Å². The molecule has 3 rings (SSSR count). The number of nitro groups is 1. The maximum atomic E-state index is 13.6. The van der Waals surface area contributed by atoms with Gasteiger partial charge in [0.2, 0.25) is 0 Å². The molecule has 200 valence electrons. The molecule has 0 spiro atoms. The van der Waals surface area contributed by atoms with Crippen molar-refractivity contribution in [2.75, 3.05) is 46.9 Å². The Kier molecular flexibility index (Phi) is 8.84. The zero-order valence-electron chi connectivity index (χ0n) is 21.2. The summed E-state index contributed by atoms with van der Waals surface area (Å²) in [5.74, 6) is -2.63. The molecule has 37 heavy (non-hydrogen) atoms. The maximum Gasteiger partial charge on any atom is 0.404 e. The van der Waals surface area contributed by atoms with Gasteiger partial charge in [-0.3, -0.25) is 15.0 Å². The van der Waals surface area contributed by atoms with E-state index in [0.717, 1.165) is 20.2 Å². The van der Waals surface area contributed by atoms with E-state index in [4.69, 9.17) is 19.9 Å². The van der Waals surface area contributed by atoms with Gasteiger partial charge in [0.1, 0.15) is 6.61 Å². The standard InChI is InChI=1S/C24H31N5O8/c1-14-19(23(31)37-15(2)28-10-8-27(3)9-11-28)20(16-6-5-7-17(12-16)29(33)34)21(22(30)35-4)18(26-14)13-36-24(25)32/h5-7,12,15,20,26H,8-11,13H2,1-4H3,(H2,25,32). The number of allylic oxidation sites excluding steroid dienone is 1. The van der Waals surface area contributed by atoms with Gasteiger partial charge in [0, 0.05) is 44.0 Å². The van der Waals surface area contributed by atoms with E-state index in [1.807, 2.05) is 11.9 Å². The van der Waals surface area contributed by atoms with Crippen LogP contribution in [0.3, 0.4) is 0 Å². The molecule has 0 bridgehead atoms. The first-order valence-corrected chi connectivity index (χ1v) is 11.6. The highest BCUT2D eigenvalue weighted by atomic mass is 16.6. The van der Waals surface area contributed by atoms with Gasteiger partial charge in [-0.25, -0.2) is 14.4 Å². The minimum absolute atomic E-state index is 0.0611. The molecule has 2 atom stereocenters. The normalized spacial score (nSPS) is 19.6. The highest BCUT2D eigenvalue weighted by molar-refractivity contribution is 6.00. The first-order chi connectivity index (χ1) is 17.5. The second-order valence-corrected chi connectivity index (χ2v) is 8.78. The number of methoxy groups -OCH3 is 1. The summed E-state index contributed by atoms with van der Waals surface area (Å²) in [5.41, 5.74) is 5.63. The van der Waals surface area contributed by atoms with Crippen LogP contribution in [0.1, 0.15) is 25.3 Å². The molecule has 0 aromatic heterocycles. The summed E-state index contributed by atoms with van der Waals surface area (Å²) in [6, 6.07) is 5.58. The number of carbonyl (C=O) groups is 3. The summed E-state index contributed by atoms with van der Waals surface area (Å²) in [4.78, 5) is 52.9. The monoisotopic (exact) mass is 517 g/mol. The number of nitrogens with zero attached hydrogens (tertiary/aromatic N) is 3. The third kappa shape index (κ3) is 6.43. The predicted octanol–water partition coefficient (Wildman–Crippen LogP) is 1.21. The molecule has 1 aromatic carbocycles. The first-order valence-electron chi connectivity index (χ1n) is 11.6. The molecule has 2 aliphatic rings. The molecular formula is C24H31N5O8. The zero-order chi connectivity index (χ0) is 27.3. The number of hydrogen-bond donors (Lipinski definition) is 2. The fourth-order valence-corrected chi connectivity index (χ4v) is 4.40. The van der Waals surface area contributed by atoms with E-state index in [0.29, 0.717) is 18.8 Å². The molecule has 3 N–H and O–H groups in total. The minimum atomic E-state index is -1.10. The number of nitrogens with two attached hydrogens (primary N) is 1. The van der Waals surface area contributed by atoms with Crippen molar-refractivity contribution in [2.45, 2.75) is 26.0 Å². The topological polar surface area (TPSA) is 167 Å². The van der Waals surface area contributed by atoms with Crippen molar-refractivity contribution in [3.05, 3.63) is 62.5 Å². The number of hydrogen-bond acceptors (Lipinski definition) is 11. The Morgan fingerprint density at radius 1 is 1.19 bits per heavy atom. The van der Waals surface area contributed by atoms with Crippen LogP contribution in [0.15, 0.2) is 46.8 Å². The highest BCUT2D eigenvalue weighted by Gasteiger charge is 2.40. The third-order valence-electron chi connectivity index (χ3n) is 6.37. The fourth-order valence-electron chi connectivity index (χ4n) is 4.40. The molecule has 1 fully saturated rings. The van der Waals surface area contributed by atoms with E-state index >= 15 is 0 Å². The van der Waals surface area contributed by atoms with Crippen LogP contribution in [-0.2, 0) is 23.8 Å². The molecule has 1 saturated heterocycles. The molecule has 2 heterocycles. The second-order valence-electron chi connectivity index (χ2n) is 8.78. The minimum Gasteiger partial charge on any atom is -0.466 e. The molecule has 13 heteroatoms. The number of esters is 2. The maximum absolute atomic E-state index is 13.6. The number of nitro benzene ring substituents is 1. The molecular weight excluding hydrogens is 486 g/mol. The average molecular weight is 518 g/mol. The number of benzene rings is 1. The second kappa shape index (κ2) is 11.8. The fraction of sp³-hybridized carbons (Fsp3) is 0.458. The molecule has 2 unspecified atom stereocenters. The average Bonchev–Trinajstić information content (AvgIpc) is 2.86. The molecule has 0 aliphatic carbocycles. The van der Waals surface area contributed by atoms with Crippen LogP contribution >= 0.6 is 0 Å². The number of rotatable bonds is 8. The van der Waals surface area contributed by atoms with Gasteiger partial charge in [-0.15, -0.1) is 0 Å². The SMILES string of the molecule is COC(=O)C1=C(COC(N)=O)NC(C)=C(C(=O)OC(C)N2CCN(C)CC2)C1c1cccc([N+](=O)[O-])c1. The van der Waals surface area contributed by atoms with E-state index in [9.17, 15) is 24.5 Å². The number of likely N-dealkylation sites (N-methyl/N-ethyl adjacent to an activating group) is 1. The van der Waals surface area contributed by atoms with Crippen molar-refractivity contribution in [1.82, 2.24) is 15.1 Å². The molecule has 1 amide bonds. The van der Waals surface area contributed by atoms with Gasteiger partial charge in [0.05, 0.1) is 34.8 Å². The van der Waals surface area contributed by atoms with Crippen LogP contribution in [0.25, 0.3) is 0 Å². The van der Waals surface area contributed by atoms with Gasteiger partial charge < -0.3 is 30.2 Å².